The van der Waals surface area contributed by atoms with Gasteiger partial charge in [-0.05, 0) is 19.1 Å². The molecule has 0 unspecified atom stereocenters. The molecule has 1 aliphatic rings. The second kappa shape index (κ2) is 10.2. The summed E-state index contributed by atoms with van der Waals surface area (Å²) in [5, 5.41) is 11.8. The Labute approximate surface area is 180 Å². The fourth-order valence-electron chi connectivity index (χ4n) is 3.01. The molecule has 1 fully saturated rings. The van der Waals surface area contributed by atoms with Crippen LogP contribution in [-0.2, 0) is 26.1 Å². The Morgan fingerprint density at radius 3 is 2.80 bits per heavy atom. The average Bonchev–Trinajstić information content (AvgIpc) is 3.16. The Bertz CT molecular complexity index is 1000. The highest BCUT2D eigenvalue weighted by atomic mass is 32.2. The van der Waals surface area contributed by atoms with Crippen LogP contribution < -0.4 is 5.32 Å². The molecule has 0 spiro atoms. The van der Waals surface area contributed by atoms with Gasteiger partial charge in [-0.3, -0.25) is 9.36 Å². The summed E-state index contributed by atoms with van der Waals surface area (Å²) in [7, 11) is -3.62. The quantitative estimate of drug-likeness (QED) is 0.453. The van der Waals surface area contributed by atoms with Crippen LogP contribution in [0.15, 0.2) is 47.0 Å². The number of allylic oxidation sites excluding steroid dienone is 1. The Kier molecular flexibility index (Phi) is 7.64. The molecule has 3 rings (SSSR count). The normalized spacial score (nSPS) is 15.1. The molecule has 1 N–H and O–H groups in total. The Morgan fingerprint density at radius 2 is 2.10 bits per heavy atom. The lowest BCUT2D eigenvalue weighted by atomic mass is 10.2. The summed E-state index contributed by atoms with van der Waals surface area (Å²) in [5.74, 6) is 0.650. The van der Waals surface area contributed by atoms with Gasteiger partial charge in [0.25, 0.3) is 0 Å². The maximum Gasteiger partial charge on any atom is 0.243 e. The Hall–Kier alpha value is -2.21. The zero-order chi connectivity index (χ0) is 21.6. The van der Waals surface area contributed by atoms with Crippen molar-refractivity contribution in [2.45, 2.75) is 23.5 Å². The SMILES string of the molecule is C=CCn1c(SCC(=O)NCC)nnc1-c1cccc(S(=O)(=O)N2CCOCC2)c1. The lowest BCUT2D eigenvalue weighted by Gasteiger charge is -2.26. The number of morpholine rings is 1. The summed E-state index contributed by atoms with van der Waals surface area (Å²) >= 11 is 1.27. The molecule has 30 heavy (non-hydrogen) atoms. The van der Waals surface area contributed by atoms with E-state index in [1.165, 1.54) is 16.1 Å². The van der Waals surface area contributed by atoms with E-state index < -0.39 is 10.0 Å². The van der Waals surface area contributed by atoms with Crippen LogP contribution in [0.5, 0.6) is 0 Å². The van der Waals surface area contributed by atoms with E-state index in [4.69, 9.17) is 4.74 Å². The second-order valence-corrected chi connectivity index (χ2v) is 9.37. The number of nitrogens with zero attached hydrogens (tertiary/aromatic N) is 4. The highest BCUT2D eigenvalue weighted by Gasteiger charge is 2.27. The zero-order valence-corrected chi connectivity index (χ0v) is 18.4. The number of sulfonamides is 1. The minimum absolute atomic E-state index is 0.0872. The number of carbonyl (C=O) groups excluding carboxylic acids is 1. The van der Waals surface area contributed by atoms with Crippen molar-refractivity contribution in [2.24, 2.45) is 0 Å². The van der Waals surface area contributed by atoms with Crippen molar-refractivity contribution in [3.05, 3.63) is 36.9 Å². The maximum absolute atomic E-state index is 13.0. The molecule has 1 saturated heterocycles. The topological polar surface area (TPSA) is 106 Å². The highest BCUT2D eigenvalue weighted by Crippen LogP contribution is 2.27. The molecule has 11 heteroatoms. The van der Waals surface area contributed by atoms with Crippen LogP contribution >= 0.6 is 11.8 Å². The largest absolute Gasteiger partial charge is 0.379 e. The molecule has 1 aromatic carbocycles. The molecule has 0 bridgehead atoms. The fourth-order valence-corrected chi connectivity index (χ4v) is 5.24. The van der Waals surface area contributed by atoms with Gasteiger partial charge in [-0.1, -0.05) is 30.0 Å². The van der Waals surface area contributed by atoms with Crippen molar-refractivity contribution in [2.75, 3.05) is 38.6 Å². The van der Waals surface area contributed by atoms with Crippen molar-refractivity contribution in [1.82, 2.24) is 24.4 Å². The van der Waals surface area contributed by atoms with Crippen molar-refractivity contribution >= 4 is 27.7 Å². The van der Waals surface area contributed by atoms with Gasteiger partial charge < -0.3 is 10.1 Å². The van der Waals surface area contributed by atoms with E-state index >= 15 is 0 Å². The summed E-state index contributed by atoms with van der Waals surface area (Å²) in [6.07, 6.45) is 1.71. The summed E-state index contributed by atoms with van der Waals surface area (Å²) in [5.41, 5.74) is 0.628. The molecule has 0 atom stereocenters. The number of thioether (sulfide) groups is 1. The summed E-state index contributed by atoms with van der Waals surface area (Å²) < 4.78 is 34.5. The van der Waals surface area contributed by atoms with Crippen LogP contribution in [0.3, 0.4) is 0 Å². The van der Waals surface area contributed by atoms with Crippen molar-refractivity contribution in [3.8, 4) is 11.4 Å². The molecule has 0 radical (unpaired) electrons. The molecular formula is C19H25N5O4S2. The molecule has 0 saturated carbocycles. The molecule has 0 aliphatic carbocycles. The number of aromatic nitrogens is 3. The van der Waals surface area contributed by atoms with Gasteiger partial charge in [0.2, 0.25) is 15.9 Å². The van der Waals surface area contributed by atoms with Crippen LogP contribution in [0.2, 0.25) is 0 Å². The van der Waals surface area contributed by atoms with Gasteiger partial charge in [0, 0.05) is 31.7 Å². The first kappa shape index (κ1) is 22.5. The van der Waals surface area contributed by atoms with E-state index in [1.54, 1.807) is 30.3 Å². The number of nitrogens with one attached hydrogen (secondary N) is 1. The third-order valence-electron chi connectivity index (χ3n) is 4.43. The van der Waals surface area contributed by atoms with Crippen LogP contribution in [0.1, 0.15) is 6.92 Å². The van der Waals surface area contributed by atoms with Crippen LogP contribution in [0, 0.1) is 0 Å². The van der Waals surface area contributed by atoms with E-state index in [1.807, 2.05) is 11.5 Å². The first-order valence-corrected chi connectivity index (χ1v) is 12.0. The van der Waals surface area contributed by atoms with Crippen molar-refractivity contribution in [3.63, 3.8) is 0 Å². The maximum atomic E-state index is 13.0. The lowest BCUT2D eigenvalue weighted by molar-refractivity contribution is -0.118. The molecule has 1 aromatic heterocycles. The highest BCUT2D eigenvalue weighted by molar-refractivity contribution is 7.99. The zero-order valence-electron chi connectivity index (χ0n) is 16.8. The number of benzene rings is 1. The molecule has 2 aromatic rings. The number of hydrogen-bond acceptors (Lipinski definition) is 7. The number of ether oxygens (including phenoxy) is 1. The molecular weight excluding hydrogens is 426 g/mol. The minimum atomic E-state index is -3.62. The predicted octanol–water partition coefficient (Wildman–Crippen LogP) is 1.38. The molecule has 162 valence electrons. The first-order valence-electron chi connectivity index (χ1n) is 9.59. The van der Waals surface area contributed by atoms with E-state index in [0.717, 1.165) is 0 Å². The van der Waals surface area contributed by atoms with Gasteiger partial charge in [0.05, 0.1) is 23.9 Å². The Balaban J connectivity index is 1.89. The molecule has 1 aliphatic heterocycles. The number of amides is 1. The molecule has 1 amide bonds. The third kappa shape index (κ3) is 5.09. The molecule has 9 nitrogen and oxygen atoms in total. The first-order chi connectivity index (χ1) is 14.5. The smallest absolute Gasteiger partial charge is 0.243 e. The number of rotatable bonds is 9. The van der Waals surface area contributed by atoms with Crippen molar-refractivity contribution < 1.29 is 17.9 Å². The Morgan fingerprint density at radius 1 is 1.33 bits per heavy atom. The van der Waals surface area contributed by atoms with Crippen LogP contribution in [0.4, 0.5) is 0 Å². The van der Waals surface area contributed by atoms with Crippen LogP contribution in [0.25, 0.3) is 11.4 Å². The second-order valence-electron chi connectivity index (χ2n) is 6.49. The van der Waals surface area contributed by atoms with E-state index in [9.17, 15) is 13.2 Å². The molecule has 2 heterocycles. The van der Waals surface area contributed by atoms with E-state index in [0.29, 0.717) is 55.9 Å². The fraction of sp³-hybridized carbons (Fsp3) is 0.421. The van der Waals surface area contributed by atoms with E-state index in [-0.39, 0.29) is 16.6 Å². The third-order valence-corrected chi connectivity index (χ3v) is 7.30. The van der Waals surface area contributed by atoms with Gasteiger partial charge in [0.15, 0.2) is 11.0 Å². The average molecular weight is 452 g/mol. The summed E-state index contributed by atoms with van der Waals surface area (Å²) in [4.78, 5) is 12.0. The minimum Gasteiger partial charge on any atom is -0.379 e. The monoisotopic (exact) mass is 451 g/mol. The summed E-state index contributed by atoms with van der Waals surface area (Å²) in [6, 6.07) is 6.66. The van der Waals surface area contributed by atoms with Gasteiger partial charge in [-0.15, -0.1) is 16.8 Å². The summed E-state index contributed by atoms with van der Waals surface area (Å²) in [6.45, 7) is 8.07. The van der Waals surface area contributed by atoms with Gasteiger partial charge in [-0.25, -0.2) is 8.42 Å². The van der Waals surface area contributed by atoms with Gasteiger partial charge in [-0.2, -0.15) is 4.31 Å². The lowest BCUT2D eigenvalue weighted by Crippen LogP contribution is -2.40. The van der Waals surface area contributed by atoms with Crippen LogP contribution in [-0.4, -0.2) is 72.0 Å². The van der Waals surface area contributed by atoms with Crippen molar-refractivity contribution in [1.29, 1.82) is 0 Å². The van der Waals surface area contributed by atoms with Gasteiger partial charge >= 0.3 is 0 Å². The van der Waals surface area contributed by atoms with Gasteiger partial charge in [0.1, 0.15) is 0 Å². The number of carbonyl (C=O) groups is 1. The standard InChI is InChI=1S/C19H25N5O4S2/c1-3-8-24-18(21-22-19(24)29-14-17(25)20-4-2)15-6-5-7-16(13-15)30(26,27)23-9-11-28-12-10-23/h3,5-7,13H,1,4,8-12,14H2,2H3,(H,20,25). The van der Waals surface area contributed by atoms with E-state index in [2.05, 4.69) is 22.1 Å². The predicted molar refractivity (Wildman–Crippen MR) is 115 cm³/mol. The number of hydrogen-bond donors (Lipinski definition) is 1.